The highest BCUT2D eigenvalue weighted by Gasteiger charge is 2.30. The first-order chi connectivity index (χ1) is 17.5. The summed E-state index contributed by atoms with van der Waals surface area (Å²) >= 11 is 0. The second kappa shape index (κ2) is 7.60. The molecule has 1 aliphatic rings. The topological polar surface area (TPSA) is 0 Å². The standard InChI is InChI=1S/C34H22F2/c1-19-6-16-26-29(18-19)31(22-10-14-24(36)15-11-22)34-28-17-7-20(2)25-4-3-5-27(32(25)28)33(34)30(26)21-8-12-23(35)13-9-21/h3-18H,1-2H3. The molecule has 0 nitrogen and oxygen atoms in total. The number of halogens is 2. The Kier molecular flexibility index (Phi) is 4.44. The molecule has 0 saturated heterocycles. The number of aryl methyl sites for hydroxylation is 2. The Balaban J connectivity index is 1.75. The van der Waals surface area contributed by atoms with E-state index in [-0.39, 0.29) is 11.6 Å². The lowest BCUT2D eigenvalue weighted by Gasteiger charge is -2.21. The van der Waals surface area contributed by atoms with E-state index in [2.05, 4.69) is 62.4 Å². The van der Waals surface area contributed by atoms with E-state index in [1.807, 2.05) is 24.3 Å². The first-order valence-corrected chi connectivity index (χ1v) is 12.2. The van der Waals surface area contributed by atoms with Gasteiger partial charge in [0, 0.05) is 0 Å². The van der Waals surface area contributed by atoms with E-state index in [0.29, 0.717) is 0 Å². The van der Waals surface area contributed by atoms with Crippen LogP contribution in [0.25, 0.3) is 66.1 Å². The molecule has 0 aromatic heterocycles. The van der Waals surface area contributed by atoms with Crippen molar-refractivity contribution in [2.24, 2.45) is 0 Å². The van der Waals surface area contributed by atoms with Gasteiger partial charge in [-0.2, -0.15) is 0 Å². The second-order valence-corrected chi connectivity index (χ2v) is 9.72. The largest absolute Gasteiger partial charge is 0.207 e. The Morgan fingerprint density at radius 1 is 0.472 bits per heavy atom. The van der Waals surface area contributed by atoms with Gasteiger partial charge < -0.3 is 0 Å². The van der Waals surface area contributed by atoms with Crippen molar-refractivity contribution in [3.8, 4) is 44.5 Å². The normalized spacial score (nSPS) is 11.9. The minimum atomic E-state index is -0.250. The van der Waals surface area contributed by atoms with E-state index in [1.165, 1.54) is 51.7 Å². The van der Waals surface area contributed by atoms with Crippen LogP contribution in [0.3, 0.4) is 0 Å². The van der Waals surface area contributed by atoms with E-state index in [4.69, 9.17) is 0 Å². The molecule has 0 fully saturated rings. The molecule has 0 aliphatic heterocycles. The first-order valence-electron chi connectivity index (χ1n) is 12.2. The molecule has 0 heterocycles. The van der Waals surface area contributed by atoms with Crippen LogP contribution >= 0.6 is 0 Å². The van der Waals surface area contributed by atoms with Gasteiger partial charge in [-0.1, -0.05) is 78.4 Å². The maximum absolute atomic E-state index is 14.0. The summed E-state index contributed by atoms with van der Waals surface area (Å²) in [6.45, 7) is 4.24. The Bertz CT molecular complexity index is 1840. The Hall–Kier alpha value is -4.30. The van der Waals surface area contributed by atoms with E-state index in [1.54, 1.807) is 0 Å². The minimum Gasteiger partial charge on any atom is -0.207 e. The Morgan fingerprint density at radius 2 is 1.06 bits per heavy atom. The summed E-state index contributed by atoms with van der Waals surface area (Å²) in [5.74, 6) is -0.501. The number of hydrogen-bond acceptors (Lipinski definition) is 0. The predicted octanol–water partition coefficient (Wildman–Crippen LogP) is 9.87. The van der Waals surface area contributed by atoms with Crippen LogP contribution in [0.15, 0.2) is 97.1 Å². The molecule has 6 aromatic carbocycles. The van der Waals surface area contributed by atoms with Crippen LogP contribution in [0.1, 0.15) is 11.1 Å². The molecular formula is C34H22F2. The fourth-order valence-electron chi connectivity index (χ4n) is 5.94. The van der Waals surface area contributed by atoms with E-state index in [0.717, 1.165) is 49.7 Å². The average Bonchev–Trinajstić information content (AvgIpc) is 3.21. The van der Waals surface area contributed by atoms with Crippen molar-refractivity contribution in [3.05, 3.63) is 120 Å². The summed E-state index contributed by atoms with van der Waals surface area (Å²) < 4.78 is 28.0. The van der Waals surface area contributed by atoms with Gasteiger partial charge >= 0.3 is 0 Å². The van der Waals surface area contributed by atoms with Crippen LogP contribution < -0.4 is 0 Å². The summed E-state index contributed by atoms with van der Waals surface area (Å²) in [5, 5.41) is 4.69. The second-order valence-electron chi connectivity index (χ2n) is 9.72. The molecule has 172 valence electrons. The quantitative estimate of drug-likeness (QED) is 0.237. The molecular weight excluding hydrogens is 446 g/mol. The number of benzene rings is 6. The van der Waals surface area contributed by atoms with Crippen LogP contribution in [0.2, 0.25) is 0 Å². The summed E-state index contributed by atoms with van der Waals surface area (Å²) in [7, 11) is 0. The molecule has 0 saturated carbocycles. The van der Waals surface area contributed by atoms with Crippen molar-refractivity contribution in [2.75, 3.05) is 0 Å². The Labute approximate surface area is 208 Å². The molecule has 0 spiro atoms. The summed E-state index contributed by atoms with van der Waals surface area (Å²) in [5.41, 5.74) is 11.2. The zero-order valence-corrected chi connectivity index (χ0v) is 20.0. The van der Waals surface area contributed by atoms with Crippen molar-refractivity contribution in [1.82, 2.24) is 0 Å². The van der Waals surface area contributed by atoms with Gasteiger partial charge in [-0.3, -0.25) is 0 Å². The van der Waals surface area contributed by atoms with Crippen molar-refractivity contribution >= 4 is 21.5 Å². The van der Waals surface area contributed by atoms with Crippen LogP contribution in [0, 0.1) is 25.5 Å². The molecule has 0 radical (unpaired) electrons. The number of hydrogen-bond donors (Lipinski definition) is 0. The van der Waals surface area contributed by atoms with Crippen molar-refractivity contribution in [2.45, 2.75) is 13.8 Å². The van der Waals surface area contributed by atoms with Crippen molar-refractivity contribution in [3.63, 3.8) is 0 Å². The molecule has 7 rings (SSSR count). The zero-order valence-electron chi connectivity index (χ0n) is 20.0. The number of rotatable bonds is 2. The van der Waals surface area contributed by atoms with E-state index < -0.39 is 0 Å². The fourth-order valence-corrected chi connectivity index (χ4v) is 5.94. The van der Waals surface area contributed by atoms with Gasteiger partial charge in [-0.15, -0.1) is 0 Å². The highest BCUT2D eigenvalue weighted by molar-refractivity contribution is 6.27. The monoisotopic (exact) mass is 468 g/mol. The lowest BCUT2D eigenvalue weighted by atomic mass is 9.82. The van der Waals surface area contributed by atoms with E-state index in [9.17, 15) is 8.78 Å². The minimum absolute atomic E-state index is 0.250. The van der Waals surface area contributed by atoms with Crippen molar-refractivity contribution in [1.29, 1.82) is 0 Å². The van der Waals surface area contributed by atoms with Gasteiger partial charge in [-0.05, 0) is 110 Å². The van der Waals surface area contributed by atoms with Gasteiger partial charge in [0.1, 0.15) is 11.6 Å². The fraction of sp³-hybridized carbons (Fsp3) is 0.0588. The lowest BCUT2D eigenvalue weighted by Crippen LogP contribution is -1.94. The number of fused-ring (bicyclic) bond motifs is 4. The van der Waals surface area contributed by atoms with Crippen molar-refractivity contribution < 1.29 is 8.78 Å². The molecule has 2 heteroatoms. The summed E-state index contributed by atoms with van der Waals surface area (Å²) in [4.78, 5) is 0. The third kappa shape index (κ3) is 2.91. The van der Waals surface area contributed by atoms with Crippen LogP contribution in [-0.4, -0.2) is 0 Å². The third-order valence-electron chi connectivity index (χ3n) is 7.53. The van der Waals surface area contributed by atoms with Crippen LogP contribution in [0.4, 0.5) is 8.78 Å². The molecule has 0 unspecified atom stereocenters. The smallest absolute Gasteiger partial charge is 0.123 e. The van der Waals surface area contributed by atoms with Gasteiger partial charge in [-0.25, -0.2) is 8.78 Å². The van der Waals surface area contributed by atoms with E-state index >= 15 is 0 Å². The Morgan fingerprint density at radius 3 is 1.69 bits per heavy atom. The maximum atomic E-state index is 14.0. The predicted molar refractivity (Wildman–Crippen MR) is 146 cm³/mol. The lowest BCUT2D eigenvalue weighted by molar-refractivity contribution is 0.627. The van der Waals surface area contributed by atoms with Gasteiger partial charge in [0.25, 0.3) is 0 Å². The van der Waals surface area contributed by atoms with Crippen LogP contribution in [0.5, 0.6) is 0 Å². The van der Waals surface area contributed by atoms with Gasteiger partial charge in [0.2, 0.25) is 0 Å². The molecule has 36 heavy (non-hydrogen) atoms. The highest BCUT2D eigenvalue weighted by atomic mass is 19.1. The average molecular weight is 469 g/mol. The highest BCUT2D eigenvalue weighted by Crippen LogP contribution is 2.57. The first kappa shape index (κ1) is 21.0. The SMILES string of the molecule is Cc1ccc2c(-c3ccc(F)cc3)c3c(c(-c4ccc(F)cc4)c2c1)-c1ccc(C)c2cccc-3c12. The third-order valence-corrected chi connectivity index (χ3v) is 7.53. The summed E-state index contributed by atoms with van der Waals surface area (Å²) in [6.07, 6.45) is 0. The molecule has 0 N–H and O–H groups in total. The molecule has 0 amide bonds. The molecule has 1 aliphatic carbocycles. The van der Waals surface area contributed by atoms with Gasteiger partial charge in [0.05, 0.1) is 0 Å². The molecule has 6 aromatic rings. The van der Waals surface area contributed by atoms with Crippen LogP contribution in [-0.2, 0) is 0 Å². The maximum Gasteiger partial charge on any atom is 0.123 e. The zero-order chi connectivity index (χ0) is 24.6. The molecule has 0 atom stereocenters. The molecule has 0 bridgehead atoms. The van der Waals surface area contributed by atoms with Gasteiger partial charge in [0.15, 0.2) is 0 Å². The summed E-state index contributed by atoms with van der Waals surface area (Å²) in [6, 6.07) is 31.0.